The molecule has 2 rings (SSSR count). The van der Waals surface area contributed by atoms with Gasteiger partial charge in [-0.15, -0.1) is 10.2 Å². The summed E-state index contributed by atoms with van der Waals surface area (Å²) in [7, 11) is 0. The van der Waals surface area contributed by atoms with E-state index >= 15 is 0 Å². The second-order valence-electron chi connectivity index (χ2n) is 3.98. The SMILES string of the molecule is CC(C)(Nc1nnc(Br)s1)C1CC1. The number of nitrogens with one attached hydrogen (secondary N) is 1. The van der Waals surface area contributed by atoms with Gasteiger partial charge in [0, 0.05) is 5.54 Å². The zero-order chi connectivity index (χ0) is 9.47. The minimum atomic E-state index is 0.166. The highest BCUT2D eigenvalue weighted by atomic mass is 79.9. The Hall–Kier alpha value is -0.160. The molecule has 1 saturated carbocycles. The van der Waals surface area contributed by atoms with Gasteiger partial charge in [0.15, 0.2) is 3.92 Å². The summed E-state index contributed by atoms with van der Waals surface area (Å²) in [6, 6.07) is 0. The van der Waals surface area contributed by atoms with Crippen LogP contribution in [0.4, 0.5) is 5.13 Å². The molecule has 0 atom stereocenters. The van der Waals surface area contributed by atoms with Gasteiger partial charge in [-0.3, -0.25) is 0 Å². The lowest BCUT2D eigenvalue weighted by Gasteiger charge is -2.25. The van der Waals surface area contributed by atoms with E-state index in [0.717, 1.165) is 15.0 Å². The van der Waals surface area contributed by atoms with Crippen LogP contribution in [0.15, 0.2) is 3.92 Å². The summed E-state index contributed by atoms with van der Waals surface area (Å²) in [5.74, 6) is 0.801. The van der Waals surface area contributed by atoms with Crippen LogP contribution in [0.25, 0.3) is 0 Å². The Morgan fingerprint density at radius 2 is 2.15 bits per heavy atom. The average molecular weight is 262 g/mol. The fourth-order valence-corrected chi connectivity index (χ4v) is 2.61. The number of rotatable bonds is 3. The van der Waals surface area contributed by atoms with Gasteiger partial charge in [0.1, 0.15) is 0 Å². The molecule has 1 aromatic heterocycles. The van der Waals surface area contributed by atoms with E-state index in [-0.39, 0.29) is 5.54 Å². The zero-order valence-electron chi connectivity index (χ0n) is 7.67. The van der Waals surface area contributed by atoms with Crippen molar-refractivity contribution in [2.75, 3.05) is 5.32 Å². The predicted molar refractivity (Wildman–Crippen MR) is 58.0 cm³/mol. The Balaban J connectivity index is 2.04. The first-order chi connectivity index (χ1) is 6.08. The number of anilines is 1. The van der Waals surface area contributed by atoms with E-state index in [4.69, 9.17) is 0 Å². The molecule has 1 aliphatic carbocycles. The maximum atomic E-state index is 4.02. The minimum absolute atomic E-state index is 0.166. The van der Waals surface area contributed by atoms with Crippen molar-refractivity contribution in [3.05, 3.63) is 3.92 Å². The third kappa shape index (κ3) is 2.20. The molecule has 13 heavy (non-hydrogen) atoms. The minimum Gasteiger partial charge on any atom is -0.355 e. The molecule has 0 saturated heterocycles. The maximum absolute atomic E-state index is 4.02. The van der Waals surface area contributed by atoms with Crippen LogP contribution in [0, 0.1) is 5.92 Å². The Kier molecular flexibility index (Phi) is 2.32. The van der Waals surface area contributed by atoms with Crippen LogP contribution in [0.1, 0.15) is 26.7 Å². The van der Waals surface area contributed by atoms with E-state index in [9.17, 15) is 0 Å². The molecule has 72 valence electrons. The van der Waals surface area contributed by atoms with E-state index in [1.807, 2.05) is 0 Å². The first-order valence-corrected chi connectivity index (χ1v) is 5.96. The van der Waals surface area contributed by atoms with E-state index in [2.05, 4.69) is 45.3 Å². The molecule has 1 fully saturated rings. The van der Waals surface area contributed by atoms with Gasteiger partial charge < -0.3 is 5.32 Å². The predicted octanol–water partition coefficient (Wildman–Crippen LogP) is 2.90. The molecule has 0 amide bonds. The van der Waals surface area contributed by atoms with Crippen molar-refractivity contribution in [1.82, 2.24) is 10.2 Å². The first-order valence-electron chi connectivity index (χ1n) is 4.35. The quantitative estimate of drug-likeness (QED) is 0.910. The molecular weight excluding hydrogens is 250 g/mol. The molecule has 0 radical (unpaired) electrons. The molecular formula is C8H12BrN3S. The Morgan fingerprint density at radius 3 is 2.62 bits per heavy atom. The molecule has 1 heterocycles. The fourth-order valence-electron chi connectivity index (χ4n) is 1.44. The van der Waals surface area contributed by atoms with Crippen molar-refractivity contribution in [2.24, 2.45) is 5.92 Å². The maximum Gasteiger partial charge on any atom is 0.206 e. The van der Waals surface area contributed by atoms with E-state index in [1.165, 1.54) is 12.8 Å². The second kappa shape index (κ2) is 3.20. The highest BCUT2D eigenvalue weighted by Crippen LogP contribution is 2.41. The van der Waals surface area contributed by atoms with Crippen LogP contribution in [-0.2, 0) is 0 Å². The fraction of sp³-hybridized carbons (Fsp3) is 0.750. The third-order valence-corrected chi connectivity index (χ3v) is 3.70. The molecule has 0 bridgehead atoms. The summed E-state index contributed by atoms with van der Waals surface area (Å²) in [5, 5.41) is 12.2. The van der Waals surface area contributed by atoms with Crippen molar-refractivity contribution in [3.8, 4) is 0 Å². The number of nitrogens with zero attached hydrogens (tertiary/aromatic N) is 2. The molecule has 1 aromatic rings. The van der Waals surface area contributed by atoms with Crippen LogP contribution >= 0.6 is 27.3 Å². The lowest BCUT2D eigenvalue weighted by molar-refractivity contribution is 0.493. The summed E-state index contributed by atoms with van der Waals surface area (Å²) in [6.07, 6.45) is 2.67. The summed E-state index contributed by atoms with van der Waals surface area (Å²) in [5.41, 5.74) is 0.166. The van der Waals surface area contributed by atoms with E-state index < -0.39 is 0 Å². The van der Waals surface area contributed by atoms with Crippen molar-refractivity contribution in [2.45, 2.75) is 32.2 Å². The van der Waals surface area contributed by atoms with Gasteiger partial charge in [-0.1, -0.05) is 11.3 Å². The van der Waals surface area contributed by atoms with Crippen LogP contribution < -0.4 is 5.32 Å². The monoisotopic (exact) mass is 261 g/mol. The van der Waals surface area contributed by atoms with E-state index in [0.29, 0.717) is 0 Å². The van der Waals surface area contributed by atoms with Crippen LogP contribution in [-0.4, -0.2) is 15.7 Å². The van der Waals surface area contributed by atoms with Gasteiger partial charge in [-0.25, -0.2) is 0 Å². The average Bonchev–Trinajstić information content (AvgIpc) is 2.78. The summed E-state index contributed by atoms with van der Waals surface area (Å²) < 4.78 is 0.835. The van der Waals surface area contributed by atoms with Crippen molar-refractivity contribution < 1.29 is 0 Å². The first kappa shape index (κ1) is 9.40. The molecule has 0 spiro atoms. The molecule has 3 nitrogen and oxygen atoms in total. The number of hydrogen-bond acceptors (Lipinski definition) is 4. The lowest BCUT2D eigenvalue weighted by Crippen LogP contribution is -2.33. The molecule has 0 aliphatic heterocycles. The molecule has 0 unspecified atom stereocenters. The standard InChI is InChI=1S/C8H12BrN3S/c1-8(2,5-3-4-5)10-7-12-11-6(9)13-7/h5H,3-4H2,1-2H3,(H,10,12). The topological polar surface area (TPSA) is 37.8 Å². The van der Waals surface area contributed by atoms with Crippen molar-refractivity contribution >= 4 is 32.4 Å². The molecule has 1 aliphatic rings. The molecule has 5 heteroatoms. The summed E-state index contributed by atoms with van der Waals surface area (Å²) in [4.78, 5) is 0. The third-order valence-electron chi connectivity index (χ3n) is 2.43. The van der Waals surface area contributed by atoms with Crippen LogP contribution in [0.5, 0.6) is 0 Å². The Morgan fingerprint density at radius 1 is 1.46 bits per heavy atom. The highest BCUT2D eigenvalue weighted by molar-refractivity contribution is 9.11. The second-order valence-corrected chi connectivity index (χ2v) is 6.23. The van der Waals surface area contributed by atoms with Crippen molar-refractivity contribution in [3.63, 3.8) is 0 Å². The van der Waals surface area contributed by atoms with E-state index in [1.54, 1.807) is 11.3 Å². The van der Waals surface area contributed by atoms with Crippen LogP contribution in [0.3, 0.4) is 0 Å². The van der Waals surface area contributed by atoms with Gasteiger partial charge in [0.2, 0.25) is 5.13 Å². The Bertz CT molecular complexity index is 306. The molecule has 1 N–H and O–H groups in total. The highest BCUT2D eigenvalue weighted by Gasteiger charge is 2.38. The van der Waals surface area contributed by atoms with Gasteiger partial charge in [-0.2, -0.15) is 0 Å². The smallest absolute Gasteiger partial charge is 0.206 e. The largest absolute Gasteiger partial charge is 0.355 e. The summed E-state index contributed by atoms with van der Waals surface area (Å²) >= 11 is 4.84. The number of hydrogen-bond donors (Lipinski definition) is 1. The van der Waals surface area contributed by atoms with Crippen LogP contribution in [0.2, 0.25) is 0 Å². The number of aromatic nitrogens is 2. The van der Waals surface area contributed by atoms with Crippen molar-refractivity contribution in [1.29, 1.82) is 0 Å². The molecule has 0 aromatic carbocycles. The zero-order valence-corrected chi connectivity index (χ0v) is 10.1. The normalized spacial score (nSPS) is 17.5. The summed E-state index contributed by atoms with van der Waals surface area (Å²) in [6.45, 7) is 4.44. The van der Waals surface area contributed by atoms with Gasteiger partial charge in [0.05, 0.1) is 0 Å². The Labute approximate surface area is 90.1 Å². The van der Waals surface area contributed by atoms with Gasteiger partial charge in [-0.05, 0) is 48.5 Å². The van der Waals surface area contributed by atoms with Gasteiger partial charge >= 0.3 is 0 Å². The van der Waals surface area contributed by atoms with Gasteiger partial charge in [0.25, 0.3) is 0 Å². The number of halogens is 1. The lowest BCUT2D eigenvalue weighted by atomic mass is 9.99.